The molecule has 2 rings (SSSR count). The number of carbonyl (C=O) groups excluding carboxylic acids is 5. The number of nitrogens with zero attached hydrogens (tertiary/aromatic N) is 3. The number of benzene rings is 1. The van der Waals surface area contributed by atoms with E-state index in [1.807, 2.05) is 71.9 Å². The minimum absolute atomic E-state index is 0.0866. The number of carbonyl (C=O) groups is 5. The number of hydrogen-bond donors (Lipinski definition) is 3. The maximum atomic E-state index is 14.2. The number of ether oxygens (including phenoxy) is 2. The fraction of sp³-hybridized carbons (Fsp3) is 0.667. The van der Waals surface area contributed by atoms with Crippen LogP contribution in [0.1, 0.15) is 123 Å². The Balaban J connectivity index is 2.25. The van der Waals surface area contributed by atoms with Gasteiger partial charge in [-0.3, -0.25) is 24.1 Å². The molecule has 3 N–H and O–H groups in total. The quantitative estimate of drug-likeness (QED) is 0.128. The summed E-state index contributed by atoms with van der Waals surface area (Å²) >= 11 is 1.15. The molecule has 7 atom stereocenters. The summed E-state index contributed by atoms with van der Waals surface area (Å²) in [6.07, 6.45) is -0.111. The highest BCUT2D eigenvalue weighted by molar-refractivity contribution is 7.09. The number of esters is 1. The first-order valence-electron chi connectivity index (χ1n) is 19.8. The maximum Gasteiger partial charge on any atom is 0.410 e. The van der Waals surface area contributed by atoms with Gasteiger partial charge in [0.15, 0.2) is 0 Å². The number of aromatic nitrogens is 1. The summed E-state index contributed by atoms with van der Waals surface area (Å²) < 4.78 is 10.7. The number of likely N-dealkylation sites (N-methyl/N-ethyl adjacent to an activating group) is 2. The lowest BCUT2D eigenvalue weighted by molar-refractivity contribution is -0.147. The summed E-state index contributed by atoms with van der Waals surface area (Å²) in [6, 6.07) is 7.07. The van der Waals surface area contributed by atoms with Crippen molar-refractivity contribution in [2.24, 2.45) is 23.7 Å². The van der Waals surface area contributed by atoms with Crippen LogP contribution in [-0.2, 0) is 30.3 Å². The smallest absolute Gasteiger partial charge is 0.410 e. The molecule has 13 nitrogen and oxygen atoms in total. The first kappa shape index (κ1) is 48.1. The van der Waals surface area contributed by atoms with Crippen molar-refractivity contribution in [3.8, 4) is 0 Å². The van der Waals surface area contributed by atoms with E-state index >= 15 is 0 Å². The number of aliphatic hydroxyl groups excluding tert-OH is 1. The second kappa shape index (κ2) is 22.0. The zero-order chi connectivity index (χ0) is 42.5. The lowest BCUT2D eigenvalue weighted by Crippen LogP contribution is -2.59. The van der Waals surface area contributed by atoms with Crippen LogP contribution in [0.5, 0.6) is 0 Å². The molecular weight excluding hydrogens is 735 g/mol. The second-order valence-electron chi connectivity index (χ2n) is 16.5. The van der Waals surface area contributed by atoms with Crippen LogP contribution in [0.3, 0.4) is 0 Å². The van der Waals surface area contributed by atoms with Gasteiger partial charge in [0.25, 0.3) is 5.91 Å². The van der Waals surface area contributed by atoms with E-state index in [9.17, 15) is 29.1 Å². The van der Waals surface area contributed by atoms with Gasteiger partial charge in [0.05, 0.1) is 12.5 Å². The standard InChI is InChI=1S/C42H67N5O8S/c1-14-27(7)34(45-37(50)35(26(5)6)47(13)41(53)55-42(9,10)11)39(51)46(12)32(25(3)4)23-33(48)38-44-31(24-56-38)36(49)43-30(21-28(8)40(52)54-15-2)22-29-19-17-16-18-20-29/h16-20,24-28,30,32-35,48H,14-15,21-23H2,1-13H3,(H,43,49)(H,45,50)/t27?,28-,30+,32+,33+,34-,35+/m0/s1. The van der Waals surface area contributed by atoms with Crippen molar-refractivity contribution in [1.82, 2.24) is 25.4 Å². The van der Waals surface area contributed by atoms with E-state index < -0.39 is 53.7 Å². The average Bonchev–Trinajstić information content (AvgIpc) is 3.62. The topological polar surface area (TPSA) is 167 Å². The molecule has 4 amide bonds. The van der Waals surface area contributed by atoms with E-state index in [1.54, 1.807) is 51.9 Å². The molecule has 14 heteroatoms. The van der Waals surface area contributed by atoms with Crippen LogP contribution in [0.25, 0.3) is 0 Å². The summed E-state index contributed by atoms with van der Waals surface area (Å²) in [5.74, 6) is -2.57. The van der Waals surface area contributed by atoms with Crippen LogP contribution in [-0.4, -0.2) is 100 Å². The minimum atomic E-state index is -1.09. The Morgan fingerprint density at radius 1 is 0.893 bits per heavy atom. The molecule has 0 aliphatic carbocycles. The van der Waals surface area contributed by atoms with Crippen LogP contribution in [0, 0.1) is 23.7 Å². The highest BCUT2D eigenvalue weighted by Gasteiger charge is 2.38. The number of rotatable bonds is 20. The number of aliphatic hydroxyl groups is 1. The first-order valence-corrected chi connectivity index (χ1v) is 20.7. The average molecular weight is 802 g/mol. The summed E-state index contributed by atoms with van der Waals surface area (Å²) in [6.45, 7) is 20.5. The zero-order valence-corrected chi connectivity index (χ0v) is 36.6. The van der Waals surface area contributed by atoms with Gasteiger partial charge in [-0.25, -0.2) is 9.78 Å². The summed E-state index contributed by atoms with van der Waals surface area (Å²) in [5.41, 5.74) is 0.401. The summed E-state index contributed by atoms with van der Waals surface area (Å²) in [4.78, 5) is 74.2. The number of nitrogens with one attached hydrogen (secondary N) is 2. The number of amides is 4. The molecule has 56 heavy (non-hydrogen) atoms. The molecule has 1 aromatic carbocycles. The van der Waals surface area contributed by atoms with Crippen molar-refractivity contribution in [3.05, 3.63) is 52.0 Å². The number of hydrogen-bond acceptors (Lipinski definition) is 10. The van der Waals surface area contributed by atoms with Gasteiger partial charge in [0, 0.05) is 38.0 Å². The highest BCUT2D eigenvalue weighted by Crippen LogP contribution is 2.28. The largest absolute Gasteiger partial charge is 0.466 e. The molecule has 0 fully saturated rings. The highest BCUT2D eigenvalue weighted by atomic mass is 32.1. The fourth-order valence-electron chi connectivity index (χ4n) is 6.59. The third-order valence-corrected chi connectivity index (χ3v) is 10.8. The molecule has 0 saturated carbocycles. The minimum Gasteiger partial charge on any atom is -0.466 e. The van der Waals surface area contributed by atoms with E-state index in [0.717, 1.165) is 16.9 Å². The molecule has 1 heterocycles. The summed E-state index contributed by atoms with van der Waals surface area (Å²) in [5, 5.41) is 19.4. The number of thiazole rings is 1. The van der Waals surface area contributed by atoms with Gasteiger partial charge in [0.2, 0.25) is 11.8 Å². The SMILES string of the molecule is CCOC(=O)[C@@H](C)C[C@H](Cc1ccccc1)NC(=O)c1csc([C@H](O)C[C@H](C(C)C)N(C)C(=O)[C@@H](NC(=O)[C@@H](C(C)C)N(C)C(=O)OC(C)(C)C)C(C)CC)n1. The van der Waals surface area contributed by atoms with Gasteiger partial charge >= 0.3 is 12.1 Å². The third-order valence-electron chi connectivity index (χ3n) is 9.88. The third kappa shape index (κ3) is 14.5. The van der Waals surface area contributed by atoms with E-state index in [-0.39, 0.29) is 54.4 Å². The molecule has 2 aromatic rings. The van der Waals surface area contributed by atoms with Crippen LogP contribution in [0.15, 0.2) is 35.7 Å². The molecule has 0 spiro atoms. The van der Waals surface area contributed by atoms with Crippen molar-refractivity contribution < 1.29 is 38.6 Å². The van der Waals surface area contributed by atoms with Crippen molar-refractivity contribution in [3.63, 3.8) is 0 Å². The van der Waals surface area contributed by atoms with E-state index in [0.29, 0.717) is 24.3 Å². The molecule has 0 saturated heterocycles. The Labute approximate surface area is 338 Å². The predicted octanol–water partition coefficient (Wildman–Crippen LogP) is 6.40. The lowest BCUT2D eigenvalue weighted by Gasteiger charge is -2.38. The van der Waals surface area contributed by atoms with Crippen LogP contribution in [0.2, 0.25) is 0 Å². The zero-order valence-electron chi connectivity index (χ0n) is 35.8. The van der Waals surface area contributed by atoms with Gasteiger partial charge in [-0.05, 0) is 63.9 Å². The van der Waals surface area contributed by atoms with E-state index in [4.69, 9.17) is 9.47 Å². The van der Waals surface area contributed by atoms with Gasteiger partial charge in [-0.15, -0.1) is 11.3 Å². The Morgan fingerprint density at radius 3 is 2.05 bits per heavy atom. The van der Waals surface area contributed by atoms with Crippen LogP contribution in [0.4, 0.5) is 4.79 Å². The first-order chi connectivity index (χ1) is 26.1. The Morgan fingerprint density at radius 2 is 1.52 bits per heavy atom. The molecule has 314 valence electrons. The summed E-state index contributed by atoms with van der Waals surface area (Å²) in [7, 11) is 3.18. The van der Waals surface area contributed by atoms with E-state index in [1.165, 1.54) is 11.9 Å². The molecule has 0 bridgehead atoms. The van der Waals surface area contributed by atoms with E-state index in [2.05, 4.69) is 15.6 Å². The fourth-order valence-corrected chi connectivity index (χ4v) is 7.39. The Bertz CT molecular complexity index is 1580. The molecule has 0 aliphatic heterocycles. The van der Waals surface area contributed by atoms with Gasteiger partial charge in [-0.1, -0.05) is 85.2 Å². The van der Waals surface area contributed by atoms with Crippen LogP contribution < -0.4 is 10.6 Å². The molecule has 1 unspecified atom stereocenters. The normalized spacial score (nSPS) is 15.5. The van der Waals surface area contributed by atoms with Crippen molar-refractivity contribution in [1.29, 1.82) is 0 Å². The van der Waals surface area contributed by atoms with Crippen LogP contribution >= 0.6 is 11.3 Å². The maximum absolute atomic E-state index is 14.2. The van der Waals surface area contributed by atoms with Gasteiger partial charge < -0.3 is 30.1 Å². The molecule has 0 aliphatic rings. The van der Waals surface area contributed by atoms with Crippen molar-refractivity contribution in [2.45, 2.75) is 138 Å². The molecular formula is C42H67N5O8S. The van der Waals surface area contributed by atoms with Crippen molar-refractivity contribution in [2.75, 3.05) is 20.7 Å². The second-order valence-corrected chi connectivity index (χ2v) is 17.4. The van der Waals surface area contributed by atoms with Crippen molar-refractivity contribution >= 4 is 41.1 Å². The predicted molar refractivity (Wildman–Crippen MR) is 219 cm³/mol. The monoisotopic (exact) mass is 801 g/mol. The molecule has 0 radical (unpaired) electrons. The lowest BCUT2D eigenvalue weighted by atomic mass is 9.92. The van der Waals surface area contributed by atoms with Gasteiger partial charge in [0.1, 0.15) is 34.5 Å². The Hall–Kier alpha value is -4.04. The Kier molecular flexibility index (Phi) is 18.9. The molecule has 1 aromatic heterocycles. The van der Waals surface area contributed by atoms with Gasteiger partial charge in [-0.2, -0.15) is 0 Å².